The molecule has 9 heteroatoms. The summed E-state index contributed by atoms with van der Waals surface area (Å²) in [4.78, 5) is 45.7. The van der Waals surface area contributed by atoms with Crippen LogP contribution in [-0.2, 0) is 16.0 Å². The number of rotatable bonds is 7. The van der Waals surface area contributed by atoms with Gasteiger partial charge in [0, 0.05) is 33.1 Å². The molecule has 168 valence electrons. The Morgan fingerprint density at radius 2 is 2.06 bits per heavy atom. The molecular formula is C23H27N5O3S. The molecule has 0 radical (unpaired) electrons. The van der Waals surface area contributed by atoms with E-state index in [0.717, 1.165) is 53.7 Å². The molecule has 0 atom stereocenters. The Kier molecular flexibility index (Phi) is 6.01. The van der Waals surface area contributed by atoms with E-state index in [2.05, 4.69) is 22.2 Å². The SMILES string of the molecule is Cc1nc(C(=O)Nc2[nH]c3cc(N(C=O)C4(C)CCCCC4)ccc3c2CC(N)=O)cs1. The average Bonchev–Trinajstić information content (AvgIpc) is 3.32. The first kappa shape index (κ1) is 22.0. The molecule has 2 aromatic heterocycles. The summed E-state index contributed by atoms with van der Waals surface area (Å²) in [5.41, 5.74) is 7.66. The van der Waals surface area contributed by atoms with Crippen LogP contribution in [0.2, 0.25) is 0 Å². The maximum atomic E-state index is 12.7. The summed E-state index contributed by atoms with van der Waals surface area (Å²) in [5.74, 6) is -0.455. The summed E-state index contributed by atoms with van der Waals surface area (Å²) < 4.78 is 0. The molecule has 1 saturated carbocycles. The van der Waals surface area contributed by atoms with Crippen molar-refractivity contribution >= 4 is 52.0 Å². The number of benzene rings is 1. The van der Waals surface area contributed by atoms with Crippen molar-refractivity contribution in [3.63, 3.8) is 0 Å². The number of thiazole rings is 1. The molecule has 1 aliphatic rings. The van der Waals surface area contributed by atoms with Gasteiger partial charge in [-0.3, -0.25) is 14.4 Å². The summed E-state index contributed by atoms with van der Waals surface area (Å²) >= 11 is 1.39. The van der Waals surface area contributed by atoms with Gasteiger partial charge < -0.3 is 20.9 Å². The van der Waals surface area contributed by atoms with Gasteiger partial charge in [-0.2, -0.15) is 0 Å². The van der Waals surface area contributed by atoms with Gasteiger partial charge in [-0.1, -0.05) is 25.3 Å². The molecule has 1 aliphatic carbocycles. The zero-order chi connectivity index (χ0) is 22.9. The van der Waals surface area contributed by atoms with Crippen molar-refractivity contribution in [2.45, 2.75) is 57.9 Å². The van der Waals surface area contributed by atoms with E-state index in [0.29, 0.717) is 17.1 Å². The van der Waals surface area contributed by atoms with Gasteiger partial charge in [-0.25, -0.2) is 4.98 Å². The zero-order valence-corrected chi connectivity index (χ0v) is 19.1. The predicted molar refractivity (Wildman–Crippen MR) is 126 cm³/mol. The first-order valence-corrected chi connectivity index (χ1v) is 11.6. The molecule has 0 spiro atoms. The Bertz CT molecular complexity index is 1180. The van der Waals surface area contributed by atoms with Crippen molar-refractivity contribution < 1.29 is 14.4 Å². The van der Waals surface area contributed by atoms with Gasteiger partial charge in [-0.05, 0) is 38.8 Å². The third kappa shape index (κ3) is 4.25. The first-order valence-electron chi connectivity index (χ1n) is 10.7. The number of primary amides is 1. The van der Waals surface area contributed by atoms with E-state index in [1.165, 1.54) is 17.8 Å². The van der Waals surface area contributed by atoms with Crippen LogP contribution in [0.25, 0.3) is 10.9 Å². The molecule has 0 unspecified atom stereocenters. The van der Waals surface area contributed by atoms with Gasteiger partial charge in [0.1, 0.15) is 11.5 Å². The molecule has 1 fully saturated rings. The van der Waals surface area contributed by atoms with Crippen molar-refractivity contribution in [3.8, 4) is 0 Å². The number of H-pyrrole nitrogens is 1. The number of nitrogens with two attached hydrogens (primary N) is 1. The molecule has 4 N–H and O–H groups in total. The van der Waals surface area contributed by atoms with E-state index in [1.807, 2.05) is 25.1 Å². The van der Waals surface area contributed by atoms with Crippen LogP contribution >= 0.6 is 11.3 Å². The van der Waals surface area contributed by atoms with Gasteiger partial charge >= 0.3 is 0 Å². The van der Waals surface area contributed by atoms with Crippen molar-refractivity contribution in [2.24, 2.45) is 5.73 Å². The molecule has 0 saturated heterocycles. The van der Waals surface area contributed by atoms with Gasteiger partial charge in [0.25, 0.3) is 5.91 Å². The Balaban J connectivity index is 1.72. The summed E-state index contributed by atoms with van der Waals surface area (Å²) in [6.45, 7) is 3.95. The smallest absolute Gasteiger partial charge is 0.276 e. The van der Waals surface area contributed by atoms with Gasteiger partial charge in [0.05, 0.1) is 11.4 Å². The summed E-state index contributed by atoms with van der Waals surface area (Å²) in [5, 5.41) is 6.08. The fourth-order valence-corrected chi connectivity index (χ4v) is 5.15. The minimum Gasteiger partial charge on any atom is -0.369 e. The quantitative estimate of drug-likeness (QED) is 0.470. The monoisotopic (exact) mass is 453 g/mol. The third-order valence-corrected chi connectivity index (χ3v) is 7.00. The number of nitrogens with zero attached hydrogens (tertiary/aromatic N) is 2. The Morgan fingerprint density at radius 3 is 2.69 bits per heavy atom. The van der Waals surface area contributed by atoms with E-state index in [-0.39, 0.29) is 17.9 Å². The van der Waals surface area contributed by atoms with Gasteiger partial charge in [0.2, 0.25) is 12.3 Å². The lowest BCUT2D eigenvalue weighted by molar-refractivity contribution is -0.117. The highest BCUT2D eigenvalue weighted by atomic mass is 32.1. The number of aromatic nitrogens is 2. The fraction of sp³-hybridized carbons (Fsp3) is 0.391. The number of aromatic amines is 1. The highest BCUT2D eigenvalue weighted by Gasteiger charge is 2.34. The number of aryl methyl sites for hydroxylation is 1. The van der Waals surface area contributed by atoms with Crippen LogP contribution in [0.5, 0.6) is 0 Å². The standard InChI is InChI=1S/C23H27N5O3S/c1-14-25-19(12-32-14)22(31)27-21-17(11-20(24)30)16-7-6-15(10-18(16)26-21)28(13-29)23(2)8-4-3-5-9-23/h6-7,10,12-13,26H,3-5,8-9,11H2,1-2H3,(H2,24,30)(H,27,31). The van der Waals surface area contributed by atoms with Crippen LogP contribution in [0.1, 0.15) is 60.1 Å². The summed E-state index contributed by atoms with van der Waals surface area (Å²) in [7, 11) is 0. The number of hydrogen-bond donors (Lipinski definition) is 3. The average molecular weight is 454 g/mol. The molecule has 1 aromatic carbocycles. The van der Waals surface area contributed by atoms with E-state index in [9.17, 15) is 14.4 Å². The molecule has 32 heavy (non-hydrogen) atoms. The molecule has 2 heterocycles. The number of carbonyl (C=O) groups excluding carboxylic acids is 3. The van der Waals surface area contributed by atoms with Gasteiger partial charge in [0.15, 0.2) is 0 Å². The first-order chi connectivity index (χ1) is 15.3. The number of hydrogen-bond acceptors (Lipinski definition) is 5. The molecule has 3 amide bonds. The van der Waals surface area contributed by atoms with E-state index < -0.39 is 5.91 Å². The number of nitrogens with one attached hydrogen (secondary N) is 2. The van der Waals surface area contributed by atoms with Crippen LogP contribution in [-0.4, -0.2) is 33.7 Å². The molecule has 8 nitrogen and oxygen atoms in total. The second kappa shape index (κ2) is 8.74. The Hall–Kier alpha value is -3.20. The predicted octanol–water partition coefficient (Wildman–Crippen LogP) is 3.90. The maximum Gasteiger partial charge on any atom is 0.276 e. The summed E-state index contributed by atoms with van der Waals surface area (Å²) in [6.07, 6.45) is 6.16. The van der Waals surface area contributed by atoms with Crippen molar-refractivity contribution in [2.75, 3.05) is 10.2 Å². The maximum absolute atomic E-state index is 12.7. The number of amides is 3. The fourth-order valence-electron chi connectivity index (χ4n) is 4.56. The minimum atomic E-state index is -0.501. The highest BCUT2D eigenvalue weighted by Crippen LogP contribution is 2.37. The molecule has 0 aliphatic heterocycles. The Morgan fingerprint density at radius 1 is 1.31 bits per heavy atom. The largest absolute Gasteiger partial charge is 0.369 e. The van der Waals surface area contributed by atoms with Crippen LogP contribution in [0.15, 0.2) is 23.6 Å². The van der Waals surface area contributed by atoms with Crippen LogP contribution in [0.3, 0.4) is 0 Å². The number of carbonyl (C=O) groups is 3. The van der Waals surface area contributed by atoms with E-state index >= 15 is 0 Å². The van der Waals surface area contributed by atoms with Crippen molar-refractivity contribution in [3.05, 3.63) is 39.8 Å². The van der Waals surface area contributed by atoms with E-state index in [4.69, 9.17) is 5.73 Å². The lowest BCUT2D eigenvalue weighted by Crippen LogP contribution is -2.47. The van der Waals surface area contributed by atoms with Crippen LogP contribution < -0.4 is 16.0 Å². The lowest BCUT2D eigenvalue weighted by Gasteiger charge is -2.42. The summed E-state index contributed by atoms with van der Waals surface area (Å²) in [6, 6.07) is 5.63. The van der Waals surface area contributed by atoms with Crippen molar-refractivity contribution in [1.29, 1.82) is 0 Å². The highest BCUT2D eigenvalue weighted by molar-refractivity contribution is 7.09. The Labute approximate surface area is 190 Å². The second-order valence-electron chi connectivity index (χ2n) is 8.59. The third-order valence-electron chi connectivity index (χ3n) is 6.23. The topological polar surface area (TPSA) is 121 Å². The van der Waals surface area contributed by atoms with E-state index in [1.54, 1.807) is 10.3 Å². The van der Waals surface area contributed by atoms with Gasteiger partial charge in [-0.15, -0.1) is 11.3 Å². The molecule has 0 bridgehead atoms. The number of fused-ring (bicyclic) bond motifs is 1. The zero-order valence-electron chi connectivity index (χ0n) is 18.2. The van der Waals surface area contributed by atoms with Crippen LogP contribution in [0.4, 0.5) is 11.5 Å². The second-order valence-corrected chi connectivity index (χ2v) is 9.65. The lowest BCUT2D eigenvalue weighted by atomic mass is 9.82. The van der Waals surface area contributed by atoms with Crippen molar-refractivity contribution in [1.82, 2.24) is 9.97 Å². The molecule has 3 aromatic rings. The normalized spacial score (nSPS) is 15.4. The van der Waals surface area contributed by atoms with Crippen LogP contribution in [0, 0.1) is 6.92 Å². The molecular weight excluding hydrogens is 426 g/mol. The molecule has 4 rings (SSSR count). The minimum absolute atomic E-state index is 0.0276. The number of anilines is 2.